The summed E-state index contributed by atoms with van der Waals surface area (Å²) in [6.45, 7) is 5.17. The van der Waals surface area contributed by atoms with Crippen LogP contribution >= 0.6 is 0 Å². The van der Waals surface area contributed by atoms with E-state index in [1.807, 2.05) is 37.3 Å². The molecule has 0 aliphatic rings. The fourth-order valence-corrected chi connectivity index (χ4v) is 1.31. The maximum Gasteiger partial charge on any atom is 0.184 e. The van der Waals surface area contributed by atoms with Crippen LogP contribution < -0.4 is 0 Å². The van der Waals surface area contributed by atoms with Gasteiger partial charge in [0.05, 0.1) is 0 Å². The van der Waals surface area contributed by atoms with E-state index in [1.165, 1.54) is 0 Å². The molecule has 0 spiro atoms. The average molecular weight is 190 g/mol. The Kier molecular flexibility index (Phi) is 3.60. The second-order valence-electron chi connectivity index (χ2n) is 3.25. The molecule has 0 saturated heterocycles. The van der Waals surface area contributed by atoms with Crippen LogP contribution in [0.15, 0.2) is 43.0 Å². The Bertz CT molecular complexity index is 316. The molecule has 2 nitrogen and oxygen atoms in total. The van der Waals surface area contributed by atoms with E-state index in [2.05, 4.69) is 6.58 Å². The van der Waals surface area contributed by atoms with Crippen molar-refractivity contribution in [2.75, 3.05) is 0 Å². The van der Waals surface area contributed by atoms with E-state index >= 15 is 0 Å². The summed E-state index contributed by atoms with van der Waals surface area (Å²) < 4.78 is 0. The van der Waals surface area contributed by atoms with Crippen molar-refractivity contribution in [1.29, 1.82) is 0 Å². The summed E-state index contributed by atoms with van der Waals surface area (Å²) in [5.74, 6) is -0.525. The second-order valence-corrected chi connectivity index (χ2v) is 3.25. The molecule has 0 unspecified atom stereocenters. The topological polar surface area (TPSA) is 37.3 Å². The van der Waals surface area contributed by atoms with Crippen molar-refractivity contribution >= 4 is 5.78 Å². The molecule has 74 valence electrons. The smallest absolute Gasteiger partial charge is 0.184 e. The molecule has 0 saturated carbocycles. The van der Waals surface area contributed by atoms with Gasteiger partial charge in [0.1, 0.15) is 6.10 Å². The third-order valence-corrected chi connectivity index (χ3v) is 2.29. The number of hydrogen-bond donors (Lipinski definition) is 1. The van der Waals surface area contributed by atoms with Gasteiger partial charge in [0.2, 0.25) is 0 Å². The lowest BCUT2D eigenvalue weighted by Crippen LogP contribution is -2.24. The van der Waals surface area contributed by atoms with Crippen molar-refractivity contribution in [3.63, 3.8) is 0 Å². The van der Waals surface area contributed by atoms with Crippen LogP contribution in [0.4, 0.5) is 0 Å². The van der Waals surface area contributed by atoms with Crippen LogP contribution in [0.25, 0.3) is 0 Å². The number of ketones is 1. The summed E-state index contributed by atoms with van der Waals surface area (Å²) in [6, 6.07) is 9.46. The number of aliphatic hydroxyl groups is 1. The van der Waals surface area contributed by atoms with E-state index in [0.717, 1.165) is 11.6 Å². The molecule has 0 aliphatic carbocycles. The van der Waals surface area contributed by atoms with Crippen LogP contribution in [0.3, 0.4) is 0 Å². The molecule has 0 heterocycles. The zero-order chi connectivity index (χ0) is 10.6. The summed E-state index contributed by atoms with van der Waals surface area (Å²) in [5.41, 5.74) is 0.954. The van der Waals surface area contributed by atoms with E-state index in [-0.39, 0.29) is 11.7 Å². The molecule has 0 bridgehead atoms. The normalized spacial score (nSPS) is 14.4. The van der Waals surface area contributed by atoms with Gasteiger partial charge in [-0.15, -0.1) is 0 Å². The summed E-state index contributed by atoms with van der Waals surface area (Å²) in [6.07, 6.45) is 0.166. The van der Waals surface area contributed by atoms with Gasteiger partial charge in [0, 0.05) is 5.92 Å². The first-order valence-corrected chi connectivity index (χ1v) is 4.56. The van der Waals surface area contributed by atoms with Crippen LogP contribution in [-0.4, -0.2) is 17.0 Å². The molecule has 0 aliphatic heterocycles. The predicted octanol–water partition coefficient (Wildman–Crippen LogP) is 1.91. The fraction of sp³-hybridized carbons (Fsp3) is 0.250. The van der Waals surface area contributed by atoms with Crippen molar-refractivity contribution in [3.05, 3.63) is 48.6 Å². The van der Waals surface area contributed by atoms with E-state index in [1.54, 1.807) is 0 Å². The quantitative estimate of drug-likeness (QED) is 0.736. The molecule has 1 aromatic carbocycles. The molecule has 1 rings (SSSR count). The van der Waals surface area contributed by atoms with Crippen LogP contribution in [0.1, 0.15) is 18.4 Å². The van der Waals surface area contributed by atoms with Gasteiger partial charge in [-0.1, -0.05) is 43.8 Å². The molecule has 1 N–H and O–H groups in total. The summed E-state index contributed by atoms with van der Waals surface area (Å²) in [7, 11) is 0. The number of benzene rings is 1. The van der Waals surface area contributed by atoms with Crippen molar-refractivity contribution in [2.24, 2.45) is 0 Å². The Balaban J connectivity index is 2.80. The van der Waals surface area contributed by atoms with Crippen molar-refractivity contribution < 1.29 is 9.90 Å². The number of rotatable bonds is 4. The predicted molar refractivity (Wildman–Crippen MR) is 56.1 cm³/mol. The minimum atomic E-state index is -0.991. The highest BCUT2D eigenvalue weighted by molar-refractivity contribution is 5.93. The molecule has 14 heavy (non-hydrogen) atoms. The van der Waals surface area contributed by atoms with Crippen molar-refractivity contribution in [1.82, 2.24) is 0 Å². The fourth-order valence-electron chi connectivity index (χ4n) is 1.31. The van der Waals surface area contributed by atoms with Gasteiger partial charge in [-0.3, -0.25) is 4.79 Å². The molecular weight excluding hydrogens is 176 g/mol. The number of carbonyl (C=O) groups excluding carboxylic acids is 1. The van der Waals surface area contributed by atoms with E-state index in [4.69, 9.17) is 0 Å². The average Bonchev–Trinajstić information content (AvgIpc) is 2.27. The number of aliphatic hydroxyl groups excluding tert-OH is 1. The minimum Gasteiger partial charge on any atom is -0.384 e. The first-order valence-electron chi connectivity index (χ1n) is 4.56. The molecule has 0 aromatic heterocycles. The number of carbonyl (C=O) groups is 1. The third kappa shape index (κ3) is 2.30. The molecule has 2 heteroatoms. The zero-order valence-electron chi connectivity index (χ0n) is 8.18. The first-order chi connectivity index (χ1) is 6.66. The van der Waals surface area contributed by atoms with Gasteiger partial charge in [0.25, 0.3) is 0 Å². The molecule has 0 amide bonds. The molecule has 0 radical (unpaired) electrons. The highest BCUT2D eigenvalue weighted by Gasteiger charge is 2.20. The van der Waals surface area contributed by atoms with Gasteiger partial charge < -0.3 is 5.11 Å². The van der Waals surface area contributed by atoms with Crippen molar-refractivity contribution in [3.8, 4) is 0 Å². The highest BCUT2D eigenvalue weighted by Crippen LogP contribution is 2.19. The molecular formula is C12H14O2. The van der Waals surface area contributed by atoms with Gasteiger partial charge >= 0.3 is 0 Å². The number of hydrogen-bond acceptors (Lipinski definition) is 2. The lowest BCUT2D eigenvalue weighted by molar-refractivity contribution is -0.123. The minimum absolute atomic E-state index is 0.193. The largest absolute Gasteiger partial charge is 0.384 e. The van der Waals surface area contributed by atoms with E-state index in [9.17, 15) is 9.90 Å². The Morgan fingerprint density at radius 2 is 2.00 bits per heavy atom. The Morgan fingerprint density at radius 3 is 2.50 bits per heavy atom. The maximum absolute atomic E-state index is 11.2. The Morgan fingerprint density at radius 1 is 1.43 bits per heavy atom. The van der Waals surface area contributed by atoms with Gasteiger partial charge in [0.15, 0.2) is 5.78 Å². The zero-order valence-corrected chi connectivity index (χ0v) is 8.18. The summed E-state index contributed by atoms with van der Waals surface area (Å²) in [4.78, 5) is 11.2. The standard InChI is InChI=1S/C12H14O2/c1-3-11(13)12(14)9(2)10-7-5-4-6-8-10/h3-9,12,14H,1H2,2H3/t9-,12+/m1/s1. The van der Waals surface area contributed by atoms with Crippen LogP contribution in [0, 0.1) is 0 Å². The second kappa shape index (κ2) is 4.72. The summed E-state index contributed by atoms with van der Waals surface area (Å²) >= 11 is 0. The van der Waals surface area contributed by atoms with Crippen LogP contribution in [-0.2, 0) is 4.79 Å². The molecule has 0 fully saturated rings. The van der Waals surface area contributed by atoms with Crippen molar-refractivity contribution in [2.45, 2.75) is 18.9 Å². The lowest BCUT2D eigenvalue weighted by Gasteiger charge is -2.16. The first kappa shape index (κ1) is 10.7. The molecule has 1 aromatic rings. The van der Waals surface area contributed by atoms with Gasteiger partial charge in [-0.25, -0.2) is 0 Å². The summed E-state index contributed by atoms with van der Waals surface area (Å²) in [5, 5.41) is 9.62. The van der Waals surface area contributed by atoms with Crippen LogP contribution in [0.5, 0.6) is 0 Å². The van der Waals surface area contributed by atoms with E-state index < -0.39 is 6.10 Å². The van der Waals surface area contributed by atoms with E-state index in [0.29, 0.717) is 0 Å². The van der Waals surface area contributed by atoms with Crippen LogP contribution in [0.2, 0.25) is 0 Å². The van der Waals surface area contributed by atoms with Gasteiger partial charge in [-0.2, -0.15) is 0 Å². The third-order valence-electron chi connectivity index (χ3n) is 2.29. The monoisotopic (exact) mass is 190 g/mol. The maximum atomic E-state index is 11.2. The highest BCUT2D eigenvalue weighted by atomic mass is 16.3. The van der Waals surface area contributed by atoms with Gasteiger partial charge in [-0.05, 0) is 11.6 Å². The Labute approximate surface area is 83.9 Å². The lowest BCUT2D eigenvalue weighted by atomic mass is 9.93. The molecule has 2 atom stereocenters. The Hall–Kier alpha value is -1.41. The SMILES string of the molecule is C=CC(=O)[C@@H](O)[C@H](C)c1ccccc1.